The number of hydrogen-bond donors (Lipinski definition) is 0. The third-order valence-electron chi connectivity index (χ3n) is 1.56. The number of aryl methyl sites for hydroxylation is 1. The summed E-state index contributed by atoms with van der Waals surface area (Å²) in [6.07, 6.45) is 3.81. The van der Waals surface area contributed by atoms with Crippen molar-refractivity contribution in [1.29, 1.82) is 0 Å². The Hall–Kier alpha value is -0.850. The summed E-state index contributed by atoms with van der Waals surface area (Å²) in [5.74, 6) is 0.590. The summed E-state index contributed by atoms with van der Waals surface area (Å²) >= 11 is 0. The summed E-state index contributed by atoms with van der Waals surface area (Å²) in [5.41, 5.74) is 2.56. The zero-order valence-electron chi connectivity index (χ0n) is 10.8. The topological polar surface area (TPSA) is 12.9 Å². The largest absolute Gasteiger partial charge is 0.264 e. The van der Waals surface area contributed by atoms with Gasteiger partial charge in [0.1, 0.15) is 0 Å². The van der Waals surface area contributed by atoms with Gasteiger partial charge in [-0.2, -0.15) is 0 Å². The van der Waals surface area contributed by atoms with Crippen LogP contribution in [0.3, 0.4) is 0 Å². The lowest BCUT2D eigenvalue weighted by Crippen LogP contribution is -1.88. The molecule has 0 aliphatic heterocycles. The Morgan fingerprint density at radius 2 is 1.50 bits per heavy atom. The highest BCUT2D eigenvalue weighted by atomic mass is 14.6. The van der Waals surface area contributed by atoms with Gasteiger partial charge in [-0.15, -0.1) is 0 Å². The van der Waals surface area contributed by atoms with E-state index in [1.807, 2.05) is 40.1 Å². The van der Waals surface area contributed by atoms with Gasteiger partial charge < -0.3 is 0 Å². The zero-order valence-corrected chi connectivity index (χ0v) is 10.8. The van der Waals surface area contributed by atoms with Crippen molar-refractivity contribution in [3.63, 3.8) is 0 Å². The number of rotatable bonds is 1. The van der Waals surface area contributed by atoms with Crippen LogP contribution in [-0.2, 0) is 0 Å². The standard InChI is InChI=1S/C9H13N.2C2H6/c1-7(2)9-4-8(3)5-10-6-9;2*1-2/h4-7H,1-3H3;2*1-2H3. The average molecular weight is 195 g/mol. The number of hydrogen-bond acceptors (Lipinski definition) is 1. The Labute approximate surface area is 89.6 Å². The van der Waals surface area contributed by atoms with Crippen molar-refractivity contribution < 1.29 is 0 Å². The molecule has 0 spiro atoms. The molecule has 0 aliphatic carbocycles. The van der Waals surface area contributed by atoms with E-state index < -0.39 is 0 Å². The smallest absolute Gasteiger partial charge is 0.0302 e. The molecule has 0 radical (unpaired) electrons. The fraction of sp³-hybridized carbons (Fsp3) is 0.615. The first-order valence-corrected chi connectivity index (χ1v) is 5.61. The van der Waals surface area contributed by atoms with Crippen molar-refractivity contribution in [3.05, 3.63) is 29.6 Å². The van der Waals surface area contributed by atoms with E-state index in [9.17, 15) is 0 Å². The van der Waals surface area contributed by atoms with Gasteiger partial charge in [-0.05, 0) is 24.0 Å². The van der Waals surface area contributed by atoms with Gasteiger partial charge in [-0.3, -0.25) is 4.98 Å². The van der Waals surface area contributed by atoms with Crippen LogP contribution in [0, 0.1) is 6.92 Å². The maximum Gasteiger partial charge on any atom is 0.0302 e. The van der Waals surface area contributed by atoms with E-state index in [1.165, 1.54) is 11.1 Å². The van der Waals surface area contributed by atoms with Crippen LogP contribution < -0.4 is 0 Å². The number of aromatic nitrogens is 1. The van der Waals surface area contributed by atoms with Crippen LogP contribution >= 0.6 is 0 Å². The monoisotopic (exact) mass is 195 g/mol. The second kappa shape index (κ2) is 10.2. The normalized spacial score (nSPS) is 8.29. The Morgan fingerprint density at radius 1 is 1.00 bits per heavy atom. The third-order valence-corrected chi connectivity index (χ3v) is 1.56. The molecule has 0 aliphatic rings. The van der Waals surface area contributed by atoms with Crippen LogP contribution in [0.1, 0.15) is 58.6 Å². The van der Waals surface area contributed by atoms with E-state index in [-0.39, 0.29) is 0 Å². The highest BCUT2D eigenvalue weighted by molar-refractivity contribution is 5.19. The predicted octanol–water partition coefficient (Wildman–Crippen LogP) is 4.57. The van der Waals surface area contributed by atoms with Crippen LogP contribution in [0.15, 0.2) is 18.5 Å². The van der Waals surface area contributed by atoms with E-state index >= 15 is 0 Å². The van der Waals surface area contributed by atoms with E-state index in [1.54, 1.807) is 0 Å². The van der Waals surface area contributed by atoms with Gasteiger partial charge in [0.25, 0.3) is 0 Å². The maximum absolute atomic E-state index is 4.11. The second-order valence-electron chi connectivity index (χ2n) is 2.95. The summed E-state index contributed by atoms with van der Waals surface area (Å²) in [7, 11) is 0. The number of pyridine rings is 1. The van der Waals surface area contributed by atoms with Gasteiger partial charge in [0.05, 0.1) is 0 Å². The molecule has 0 saturated carbocycles. The van der Waals surface area contributed by atoms with Crippen molar-refractivity contribution in [2.45, 2.75) is 54.4 Å². The lowest BCUT2D eigenvalue weighted by molar-refractivity contribution is 0.855. The molecule has 0 N–H and O–H groups in total. The minimum Gasteiger partial charge on any atom is -0.264 e. The molecule has 1 nitrogen and oxygen atoms in total. The van der Waals surface area contributed by atoms with Gasteiger partial charge in [-0.25, -0.2) is 0 Å². The highest BCUT2D eigenvalue weighted by Crippen LogP contribution is 2.12. The van der Waals surface area contributed by atoms with E-state index in [0.717, 1.165) is 0 Å². The van der Waals surface area contributed by atoms with Gasteiger partial charge in [0, 0.05) is 12.4 Å². The first-order valence-electron chi connectivity index (χ1n) is 5.61. The molecule has 1 heteroatoms. The van der Waals surface area contributed by atoms with Crippen LogP contribution in [0.4, 0.5) is 0 Å². The highest BCUT2D eigenvalue weighted by Gasteiger charge is 1.97. The summed E-state index contributed by atoms with van der Waals surface area (Å²) in [6.45, 7) is 14.4. The van der Waals surface area contributed by atoms with Gasteiger partial charge >= 0.3 is 0 Å². The van der Waals surface area contributed by atoms with Gasteiger partial charge in [0.15, 0.2) is 0 Å². The number of nitrogens with zero attached hydrogens (tertiary/aromatic N) is 1. The minimum absolute atomic E-state index is 0.590. The van der Waals surface area contributed by atoms with Crippen LogP contribution in [0.25, 0.3) is 0 Å². The first kappa shape index (κ1) is 15.6. The summed E-state index contributed by atoms with van der Waals surface area (Å²) in [6, 6.07) is 2.18. The lowest BCUT2D eigenvalue weighted by Gasteiger charge is -2.03. The van der Waals surface area contributed by atoms with Crippen LogP contribution in [0.2, 0.25) is 0 Å². The molecule has 0 saturated heterocycles. The van der Waals surface area contributed by atoms with Crippen molar-refractivity contribution in [3.8, 4) is 0 Å². The Kier molecular flexibility index (Phi) is 11.4. The Bertz CT molecular complexity index is 216. The van der Waals surface area contributed by atoms with Crippen LogP contribution in [-0.4, -0.2) is 4.98 Å². The van der Waals surface area contributed by atoms with E-state index in [4.69, 9.17) is 0 Å². The minimum atomic E-state index is 0.590. The van der Waals surface area contributed by atoms with Crippen LogP contribution in [0.5, 0.6) is 0 Å². The summed E-state index contributed by atoms with van der Waals surface area (Å²) in [4.78, 5) is 4.11. The quantitative estimate of drug-likeness (QED) is 0.640. The van der Waals surface area contributed by atoms with Crippen molar-refractivity contribution in [1.82, 2.24) is 4.98 Å². The van der Waals surface area contributed by atoms with Crippen molar-refractivity contribution in [2.24, 2.45) is 0 Å². The molecule has 0 fully saturated rings. The summed E-state index contributed by atoms with van der Waals surface area (Å²) in [5, 5.41) is 0. The zero-order chi connectivity index (χ0) is 11.6. The van der Waals surface area contributed by atoms with Crippen molar-refractivity contribution in [2.75, 3.05) is 0 Å². The molecule has 1 rings (SSSR count). The lowest BCUT2D eigenvalue weighted by atomic mass is 10.0. The molecular weight excluding hydrogens is 170 g/mol. The van der Waals surface area contributed by atoms with Crippen molar-refractivity contribution >= 4 is 0 Å². The molecule has 14 heavy (non-hydrogen) atoms. The molecular formula is C13H25N. The molecule has 0 unspecified atom stereocenters. The van der Waals surface area contributed by atoms with Gasteiger partial charge in [0.2, 0.25) is 0 Å². The molecule has 0 amide bonds. The molecule has 1 aromatic rings. The first-order chi connectivity index (χ1) is 6.70. The molecule has 82 valence electrons. The molecule has 1 aromatic heterocycles. The third kappa shape index (κ3) is 6.64. The Balaban J connectivity index is 0. The maximum atomic E-state index is 4.11. The second-order valence-corrected chi connectivity index (χ2v) is 2.95. The fourth-order valence-corrected chi connectivity index (χ4v) is 0.894. The van der Waals surface area contributed by atoms with Gasteiger partial charge in [-0.1, -0.05) is 47.6 Å². The van der Waals surface area contributed by atoms with E-state index in [2.05, 4.69) is 31.8 Å². The fourth-order valence-electron chi connectivity index (χ4n) is 0.894. The molecule has 0 atom stereocenters. The SMILES string of the molecule is CC.CC.Cc1cncc(C(C)C)c1. The average Bonchev–Trinajstić information content (AvgIpc) is 2.24. The molecule has 0 aromatic carbocycles. The predicted molar refractivity (Wildman–Crippen MR) is 65.8 cm³/mol. The molecule has 0 bridgehead atoms. The van der Waals surface area contributed by atoms with E-state index in [0.29, 0.717) is 5.92 Å². The molecule has 1 heterocycles. The summed E-state index contributed by atoms with van der Waals surface area (Å²) < 4.78 is 0. The Morgan fingerprint density at radius 3 is 1.79 bits per heavy atom.